The van der Waals surface area contributed by atoms with Gasteiger partial charge in [-0.25, -0.2) is 0 Å². The van der Waals surface area contributed by atoms with Gasteiger partial charge in [-0.15, -0.1) is 0 Å². The zero-order chi connectivity index (χ0) is 16.5. The van der Waals surface area contributed by atoms with E-state index in [0.717, 1.165) is 36.0 Å². The van der Waals surface area contributed by atoms with E-state index in [2.05, 4.69) is 35.8 Å². The lowest BCUT2D eigenvalue weighted by atomic mass is 9.67. The van der Waals surface area contributed by atoms with E-state index in [1.165, 1.54) is 5.56 Å². The molecular weight excluding hydrogens is 356 g/mol. The number of hydrogen-bond donors (Lipinski definition) is 0. The van der Waals surface area contributed by atoms with Crippen molar-refractivity contribution in [1.29, 1.82) is 0 Å². The third-order valence-corrected chi connectivity index (χ3v) is 6.46. The number of ketones is 2. The van der Waals surface area contributed by atoms with Crippen molar-refractivity contribution in [1.82, 2.24) is 0 Å². The maximum atomic E-state index is 12.9. The minimum absolute atomic E-state index is 0.0497. The van der Waals surface area contributed by atoms with E-state index in [4.69, 9.17) is 4.74 Å². The Morgan fingerprint density at radius 3 is 2.74 bits per heavy atom. The van der Waals surface area contributed by atoms with E-state index < -0.39 is 5.92 Å². The zero-order valence-corrected chi connectivity index (χ0v) is 15.1. The average Bonchev–Trinajstić information content (AvgIpc) is 2.79. The van der Waals surface area contributed by atoms with Crippen LogP contribution in [0.5, 0.6) is 0 Å². The highest BCUT2D eigenvalue weighted by Gasteiger charge is 2.49. The van der Waals surface area contributed by atoms with E-state index in [0.29, 0.717) is 10.2 Å². The molecule has 3 aliphatic rings. The Bertz CT molecular complexity index is 788. The Hall–Kier alpha value is -1.42. The Morgan fingerprint density at radius 2 is 2.00 bits per heavy atom. The van der Waals surface area contributed by atoms with Crippen LogP contribution in [0.1, 0.15) is 66.8 Å². The third-order valence-electron chi connectivity index (χ3n) is 5.65. The summed E-state index contributed by atoms with van der Waals surface area (Å²) < 4.78 is 6.49. The SMILES string of the molecule is CC1=C(Br)OC2c3ccc4c(c3C(=O)C(=O)C12)CCCC4(C)C. The third kappa shape index (κ3) is 1.94. The molecule has 2 unspecified atom stereocenters. The van der Waals surface area contributed by atoms with Crippen molar-refractivity contribution in [3.8, 4) is 0 Å². The van der Waals surface area contributed by atoms with Gasteiger partial charge in [-0.05, 0) is 64.2 Å². The molecule has 0 saturated heterocycles. The highest BCUT2D eigenvalue weighted by atomic mass is 79.9. The minimum atomic E-state index is -0.473. The first kappa shape index (κ1) is 15.1. The van der Waals surface area contributed by atoms with Crippen molar-refractivity contribution in [3.63, 3.8) is 0 Å². The molecule has 0 aromatic heterocycles. The van der Waals surface area contributed by atoms with Crippen LogP contribution >= 0.6 is 15.9 Å². The molecule has 23 heavy (non-hydrogen) atoms. The molecule has 0 fully saturated rings. The Labute approximate surface area is 144 Å². The van der Waals surface area contributed by atoms with E-state index in [1.54, 1.807) is 0 Å². The quantitative estimate of drug-likeness (QED) is 0.632. The van der Waals surface area contributed by atoms with E-state index in [-0.39, 0.29) is 23.1 Å². The van der Waals surface area contributed by atoms with Crippen LogP contribution in [0.2, 0.25) is 0 Å². The average molecular weight is 375 g/mol. The molecular formula is C19H19BrO3. The van der Waals surface area contributed by atoms with Crippen molar-refractivity contribution in [2.24, 2.45) is 5.92 Å². The molecule has 1 aromatic carbocycles. The summed E-state index contributed by atoms with van der Waals surface area (Å²) in [6.07, 6.45) is 2.66. The van der Waals surface area contributed by atoms with Crippen LogP contribution in [0.15, 0.2) is 22.4 Å². The summed E-state index contributed by atoms with van der Waals surface area (Å²) in [6.45, 7) is 6.28. The van der Waals surface area contributed by atoms with Gasteiger partial charge < -0.3 is 4.74 Å². The van der Waals surface area contributed by atoms with Crippen LogP contribution in [-0.2, 0) is 21.4 Å². The molecule has 3 nitrogen and oxygen atoms in total. The first-order valence-corrected chi connectivity index (χ1v) is 8.90. The molecule has 2 atom stereocenters. The number of benzene rings is 1. The fourth-order valence-corrected chi connectivity index (χ4v) is 4.82. The fourth-order valence-electron chi connectivity index (χ4n) is 4.37. The molecule has 4 heteroatoms. The summed E-state index contributed by atoms with van der Waals surface area (Å²) >= 11 is 3.38. The topological polar surface area (TPSA) is 43.4 Å². The van der Waals surface area contributed by atoms with Crippen molar-refractivity contribution in [2.75, 3.05) is 0 Å². The van der Waals surface area contributed by atoms with Crippen LogP contribution in [0.4, 0.5) is 0 Å². The van der Waals surface area contributed by atoms with Gasteiger partial charge in [0.15, 0.2) is 4.67 Å². The van der Waals surface area contributed by atoms with Gasteiger partial charge in [-0.1, -0.05) is 26.0 Å². The molecule has 0 spiro atoms. The summed E-state index contributed by atoms with van der Waals surface area (Å²) in [6, 6.07) is 4.14. The number of rotatable bonds is 0. The second-order valence-corrected chi connectivity index (χ2v) is 8.18. The highest BCUT2D eigenvalue weighted by molar-refractivity contribution is 9.11. The summed E-state index contributed by atoms with van der Waals surface area (Å²) in [4.78, 5) is 25.5. The van der Waals surface area contributed by atoms with Gasteiger partial charge in [0.1, 0.15) is 6.10 Å². The fraction of sp³-hybridized carbons (Fsp3) is 0.474. The number of carbonyl (C=O) groups is 2. The number of halogens is 1. The molecule has 4 rings (SSSR count). The maximum Gasteiger partial charge on any atom is 0.230 e. The minimum Gasteiger partial charge on any atom is -0.478 e. The van der Waals surface area contributed by atoms with Gasteiger partial charge in [-0.3, -0.25) is 9.59 Å². The molecule has 0 radical (unpaired) electrons. The Kier molecular flexibility index (Phi) is 3.15. The number of carbonyl (C=O) groups excluding carboxylic acids is 2. The molecule has 2 aliphatic carbocycles. The van der Waals surface area contributed by atoms with Gasteiger partial charge in [0.25, 0.3) is 0 Å². The second kappa shape index (κ2) is 4.79. The van der Waals surface area contributed by atoms with E-state index in [1.807, 2.05) is 13.0 Å². The second-order valence-electron chi connectivity index (χ2n) is 7.46. The Balaban J connectivity index is 1.95. The zero-order valence-electron chi connectivity index (χ0n) is 13.5. The summed E-state index contributed by atoms with van der Waals surface area (Å²) in [5.41, 5.74) is 4.65. The molecule has 0 bridgehead atoms. The van der Waals surface area contributed by atoms with Gasteiger partial charge in [0.05, 0.1) is 5.92 Å². The van der Waals surface area contributed by atoms with E-state index in [9.17, 15) is 9.59 Å². The van der Waals surface area contributed by atoms with Crippen LogP contribution in [0.3, 0.4) is 0 Å². The molecule has 0 amide bonds. The number of ether oxygens (including phenoxy) is 1. The molecule has 1 aromatic rings. The summed E-state index contributed by atoms with van der Waals surface area (Å²) in [7, 11) is 0. The highest BCUT2D eigenvalue weighted by Crippen LogP contribution is 2.50. The lowest BCUT2D eigenvalue weighted by Crippen LogP contribution is -2.37. The lowest BCUT2D eigenvalue weighted by Gasteiger charge is -2.36. The van der Waals surface area contributed by atoms with Crippen molar-refractivity contribution < 1.29 is 14.3 Å². The van der Waals surface area contributed by atoms with Crippen molar-refractivity contribution in [2.45, 2.75) is 51.6 Å². The predicted octanol–water partition coefficient (Wildman–Crippen LogP) is 4.38. The summed E-state index contributed by atoms with van der Waals surface area (Å²) in [5.74, 6) is -1.13. The smallest absolute Gasteiger partial charge is 0.230 e. The first-order chi connectivity index (χ1) is 10.8. The standard InChI is InChI=1S/C19H19BrO3/c1-9-13-15(21)16(22)14-10-5-4-8-19(2,3)12(10)7-6-11(14)17(13)23-18(9)20/h6-7,13,17H,4-5,8H2,1-3H3. The molecule has 120 valence electrons. The van der Waals surface area contributed by atoms with Crippen LogP contribution in [0, 0.1) is 5.92 Å². The van der Waals surface area contributed by atoms with Crippen LogP contribution in [0.25, 0.3) is 0 Å². The van der Waals surface area contributed by atoms with Gasteiger partial charge in [-0.2, -0.15) is 0 Å². The van der Waals surface area contributed by atoms with Crippen molar-refractivity contribution >= 4 is 27.5 Å². The number of hydrogen-bond acceptors (Lipinski definition) is 3. The maximum absolute atomic E-state index is 12.9. The lowest BCUT2D eigenvalue weighted by molar-refractivity contribution is -0.120. The van der Waals surface area contributed by atoms with Gasteiger partial charge in [0, 0.05) is 11.1 Å². The largest absolute Gasteiger partial charge is 0.478 e. The molecule has 1 aliphatic heterocycles. The monoisotopic (exact) mass is 374 g/mol. The van der Waals surface area contributed by atoms with Gasteiger partial charge >= 0.3 is 0 Å². The number of Topliss-reactive ketones (excluding diaryl/α,β-unsaturated/α-hetero) is 2. The van der Waals surface area contributed by atoms with E-state index >= 15 is 0 Å². The van der Waals surface area contributed by atoms with Gasteiger partial charge in [0.2, 0.25) is 11.6 Å². The molecule has 0 N–H and O–H groups in total. The van der Waals surface area contributed by atoms with Crippen LogP contribution < -0.4 is 0 Å². The molecule has 1 heterocycles. The normalized spacial score (nSPS) is 28.2. The Morgan fingerprint density at radius 1 is 1.26 bits per heavy atom. The van der Waals surface area contributed by atoms with Crippen LogP contribution in [-0.4, -0.2) is 11.6 Å². The predicted molar refractivity (Wildman–Crippen MR) is 90.7 cm³/mol. The first-order valence-electron chi connectivity index (χ1n) is 8.10. The molecule has 0 saturated carbocycles. The summed E-state index contributed by atoms with van der Waals surface area (Å²) in [5, 5.41) is 0. The van der Waals surface area contributed by atoms with Crippen molar-refractivity contribution in [3.05, 3.63) is 44.6 Å². The number of fused-ring (bicyclic) bond motifs is 5.